The van der Waals surface area contributed by atoms with E-state index in [4.69, 9.17) is 0 Å². The normalized spacial score (nSPS) is 27.8. The van der Waals surface area contributed by atoms with Crippen molar-refractivity contribution in [1.82, 2.24) is 10.2 Å². The molecule has 2 heterocycles. The summed E-state index contributed by atoms with van der Waals surface area (Å²) in [5.74, 6) is 0.495. The summed E-state index contributed by atoms with van der Waals surface area (Å²) in [4.78, 5) is 22.1. The summed E-state index contributed by atoms with van der Waals surface area (Å²) in [6, 6.07) is 8.14. The number of aliphatic imine (C=N–C) groups is 1. The lowest BCUT2D eigenvalue weighted by Crippen LogP contribution is -2.64. The third-order valence-corrected chi connectivity index (χ3v) is 9.22. The van der Waals surface area contributed by atoms with Crippen molar-refractivity contribution in [3.63, 3.8) is 0 Å². The van der Waals surface area contributed by atoms with E-state index in [1.807, 2.05) is 6.07 Å². The Balaban J connectivity index is 1.61. The summed E-state index contributed by atoms with van der Waals surface area (Å²) < 4.78 is 14.1. The highest BCUT2D eigenvalue weighted by atomic mass is 28.3. The fourth-order valence-electron chi connectivity index (χ4n) is 5.62. The van der Waals surface area contributed by atoms with Crippen molar-refractivity contribution in [3.8, 4) is 0 Å². The third kappa shape index (κ3) is 4.93. The Hall–Kier alpha value is -1.73. The van der Waals surface area contributed by atoms with Crippen LogP contribution in [-0.2, 0) is 0 Å². The number of nitrogens with one attached hydrogen (secondary N) is 1. The molecule has 7 heteroatoms. The Kier molecular flexibility index (Phi) is 6.78. The Morgan fingerprint density at radius 1 is 1.22 bits per heavy atom. The van der Waals surface area contributed by atoms with Crippen molar-refractivity contribution in [2.45, 2.75) is 95.2 Å². The molecule has 1 aromatic rings. The molecule has 0 bridgehead atoms. The van der Waals surface area contributed by atoms with E-state index in [1.54, 1.807) is 11.0 Å². The zero-order valence-electron chi connectivity index (χ0n) is 20.2. The van der Waals surface area contributed by atoms with Crippen molar-refractivity contribution in [2.24, 2.45) is 4.99 Å². The zero-order valence-corrected chi connectivity index (χ0v) is 21.2. The molecule has 4 rings (SSSR count). The molecule has 2 amide bonds. The van der Waals surface area contributed by atoms with Crippen LogP contribution in [0.2, 0.25) is 25.7 Å². The van der Waals surface area contributed by atoms with Crippen LogP contribution in [0.5, 0.6) is 0 Å². The fourth-order valence-corrected chi connectivity index (χ4v) is 6.57. The van der Waals surface area contributed by atoms with Gasteiger partial charge in [-0.2, -0.15) is 4.99 Å². The maximum atomic E-state index is 14.1. The van der Waals surface area contributed by atoms with E-state index in [-0.39, 0.29) is 11.8 Å². The molecule has 1 aliphatic carbocycles. The minimum absolute atomic E-state index is 0.267. The first-order valence-corrected chi connectivity index (χ1v) is 16.1. The second-order valence-corrected chi connectivity index (χ2v) is 16.8. The molecule has 1 saturated heterocycles. The lowest BCUT2D eigenvalue weighted by Gasteiger charge is -2.49. The monoisotopic (exact) mass is 458 g/mol. The maximum absolute atomic E-state index is 14.1. The van der Waals surface area contributed by atoms with Crippen LogP contribution in [0.4, 0.5) is 14.9 Å². The number of carbonyl (C=O) groups excluding carboxylic acids is 1. The van der Waals surface area contributed by atoms with Gasteiger partial charge in [-0.25, -0.2) is 9.18 Å². The average Bonchev–Trinajstić information content (AvgIpc) is 2.98. The summed E-state index contributed by atoms with van der Waals surface area (Å²) in [6.07, 6.45) is 7.62. The van der Waals surface area contributed by atoms with Gasteiger partial charge in [0.05, 0.1) is 0 Å². The molecule has 2 aliphatic heterocycles. The van der Waals surface area contributed by atoms with Gasteiger partial charge in [0.1, 0.15) is 17.2 Å². The van der Waals surface area contributed by atoms with E-state index >= 15 is 0 Å². The van der Waals surface area contributed by atoms with E-state index in [9.17, 15) is 9.18 Å². The van der Waals surface area contributed by atoms with Crippen LogP contribution in [0.1, 0.15) is 51.9 Å². The Morgan fingerprint density at radius 2 is 1.97 bits per heavy atom. The van der Waals surface area contributed by atoms with Crippen LogP contribution in [0, 0.1) is 5.82 Å². The van der Waals surface area contributed by atoms with Crippen LogP contribution < -0.4 is 10.2 Å². The number of anilines is 1. The zero-order chi connectivity index (χ0) is 22.9. The first-order chi connectivity index (χ1) is 15.2. The van der Waals surface area contributed by atoms with E-state index < -0.39 is 13.6 Å². The highest BCUT2D eigenvalue weighted by Crippen LogP contribution is 2.41. The van der Waals surface area contributed by atoms with Gasteiger partial charge in [-0.05, 0) is 63.4 Å². The average molecular weight is 459 g/mol. The SMILES string of the molecule is C[C@H]1C[C@]2(CCN1CC[Si](C)(C)C)C(NC1CCCCC1)=NC(=O)N2c1cccc(F)c1. The number of halogens is 1. The minimum Gasteiger partial charge on any atom is -0.369 e. The Labute approximate surface area is 193 Å². The smallest absolute Gasteiger partial charge is 0.350 e. The fraction of sp³-hybridized carbons (Fsp3) is 0.680. The molecule has 32 heavy (non-hydrogen) atoms. The number of likely N-dealkylation sites (tertiary alicyclic amines) is 1. The molecule has 3 aliphatic rings. The van der Waals surface area contributed by atoms with Gasteiger partial charge >= 0.3 is 6.03 Å². The van der Waals surface area contributed by atoms with Crippen LogP contribution in [0.15, 0.2) is 29.3 Å². The number of rotatable bonds is 5. The van der Waals surface area contributed by atoms with Gasteiger partial charge < -0.3 is 10.2 Å². The molecule has 1 N–H and O–H groups in total. The van der Waals surface area contributed by atoms with Gasteiger partial charge in [-0.1, -0.05) is 45.0 Å². The molecular weight excluding hydrogens is 419 g/mol. The van der Waals surface area contributed by atoms with Crippen molar-refractivity contribution in [3.05, 3.63) is 30.1 Å². The van der Waals surface area contributed by atoms with Crippen molar-refractivity contribution in [1.29, 1.82) is 0 Å². The number of urea groups is 1. The molecule has 2 fully saturated rings. The number of benzene rings is 1. The summed E-state index contributed by atoms with van der Waals surface area (Å²) >= 11 is 0. The predicted molar refractivity (Wildman–Crippen MR) is 133 cm³/mol. The van der Waals surface area contributed by atoms with Crippen molar-refractivity contribution in [2.75, 3.05) is 18.0 Å². The lowest BCUT2D eigenvalue weighted by atomic mass is 9.80. The molecular formula is C25H39FN4OSi. The topological polar surface area (TPSA) is 47.9 Å². The molecule has 1 saturated carbocycles. The van der Waals surface area contributed by atoms with E-state index in [2.05, 4.69) is 41.8 Å². The van der Waals surface area contributed by atoms with Gasteiger partial charge in [-0.15, -0.1) is 0 Å². The molecule has 5 nitrogen and oxygen atoms in total. The Morgan fingerprint density at radius 3 is 2.62 bits per heavy atom. The standard InChI is InChI=1S/C25H39FN4OSi/c1-19-18-25(13-14-29(19)15-16-32(2,3)4)23(27-21-10-6-5-7-11-21)28-24(31)30(25)22-12-8-9-20(26)17-22/h8-9,12,17,19,21H,5-7,10-11,13-16,18H2,1-4H3,(H,27,28,31)/t19-,25+/m0/s1. The molecule has 1 spiro atoms. The molecule has 2 atom stereocenters. The van der Waals surface area contributed by atoms with Gasteiger partial charge in [0.25, 0.3) is 0 Å². The number of nitrogens with zero attached hydrogens (tertiary/aromatic N) is 3. The first-order valence-electron chi connectivity index (χ1n) is 12.4. The van der Waals surface area contributed by atoms with Crippen LogP contribution >= 0.6 is 0 Å². The summed E-state index contributed by atoms with van der Waals surface area (Å²) in [5, 5.41) is 3.70. The number of amidine groups is 1. The molecule has 1 aromatic carbocycles. The number of piperidine rings is 1. The first kappa shape index (κ1) is 23.4. The van der Waals surface area contributed by atoms with Crippen LogP contribution in [-0.4, -0.2) is 55.6 Å². The number of hydrogen-bond donors (Lipinski definition) is 1. The van der Waals surface area contributed by atoms with Crippen LogP contribution in [0.3, 0.4) is 0 Å². The molecule has 0 aromatic heterocycles. The molecule has 0 radical (unpaired) electrons. The molecule has 0 unspecified atom stereocenters. The maximum Gasteiger partial charge on any atom is 0.350 e. The van der Waals surface area contributed by atoms with Crippen molar-refractivity contribution < 1.29 is 9.18 Å². The molecule has 176 valence electrons. The third-order valence-electron chi connectivity index (χ3n) is 7.50. The van der Waals surface area contributed by atoms with Crippen molar-refractivity contribution >= 4 is 25.6 Å². The van der Waals surface area contributed by atoms with E-state index in [1.165, 1.54) is 37.4 Å². The number of amides is 2. The summed E-state index contributed by atoms with van der Waals surface area (Å²) in [6.45, 7) is 11.6. The second-order valence-electron chi connectivity index (χ2n) is 11.2. The van der Waals surface area contributed by atoms with Gasteiger partial charge in [0.2, 0.25) is 0 Å². The minimum atomic E-state index is -1.12. The Bertz CT molecular complexity index is 864. The van der Waals surface area contributed by atoms with Crippen LogP contribution in [0.25, 0.3) is 0 Å². The van der Waals surface area contributed by atoms with Gasteiger partial charge in [-0.3, -0.25) is 4.90 Å². The quantitative estimate of drug-likeness (QED) is 0.580. The van der Waals surface area contributed by atoms with Gasteiger partial charge in [0, 0.05) is 32.4 Å². The summed E-state index contributed by atoms with van der Waals surface area (Å²) in [7, 11) is -1.12. The lowest BCUT2D eigenvalue weighted by molar-refractivity contribution is 0.135. The number of carbonyl (C=O) groups is 1. The van der Waals surface area contributed by atoms with E-state index in [0.717, 1.165) is 44.6 Å². The largest absolute Gasteiger partial charge is 0.369 e. The summed E-state index contributed by atoms with van der Waals surface area (Å²) in [5.41, 5.74) is 0.0964. The predicted octanol–water partition coefficient (Wildman–Crippen LogP) is 5.65. The highest BCUT2D eigenvalue weighted by molar-refractivity contribution is 6.76. The van der Waals surface area contributed by atoms with E-state index in [0.29, 0.717) is 17.8 Å². The second kappa shape index (κ2) is 9.25. The van der Waals surface area contributed by atoms with Gasteiger partial charge in [0.15, 0.2) is 0 Å². The highest BCUT2D eigenvalue weighted by Gasteiger charge is 2.53. The number of hydrogen-bond acceptors (Lipinski definition) is 3.